The lowest BCUT2D eigenvalue weighted by Gasteiger charge is -2.35. The number of nitrogens with zero attached hydrogens (tertiary/aromatic N) is 2. The molecule has 0 heterocycles. The van der Waals surface area contributed by atoms with Crippen LogP contribution in [0.5, 0.6) is 11.5 Å². The number of methoxy groups -OCH3 is 1. The Bertz CT molecular complexity index is 946. The number of halogens is 1. The van der Waals surface area contributed by atoms with E-state index in [0.717, 1.165) is 0 Å². The number of nitriles is 1. The molecule has 0 aliphatic carbocycles. The Labute approximate surface area is 175 Å². The number of hydrogen-bond donors (Lipinski definition) is 1. The molecule has 0 aliphatic heterocycles. The molecule has 2 rings (SSSR count). The van der Waals surface area contributed by atoms with Crippen molar-refractivity contribution in [2.24, 2.45) is 0 Å². The zero-order chi connectivity index (χ0) is 22.3. The second-order valence-corrected chi connectivity index (χ2v) is 7.47. The van der Waals surface area contributed by atoms with Crippen LogP contribution < -0.4 is 14.8 Å². The topological polar surface area (TPSA) is 91.7 Å². The minimum Gasteiger partial charge on any atom is -0.493 e. The molecule has 0 radical (unpaired) electrons. The van der Waals surface area contributed by atoms with Crippen molar-refractivity contribution >= 4 is 17.5 Å². The highest BCUT2D eigenvalue weighted by Crippen LogP contribution is 2.28. The average molecular weight is 413 g/mol. The number of anilines is 1. The van der Waals surface area contributed by atoms with Crippen molar-refractivity contribution in [2.45, 2.75) is 26.3 Å². The number of carbonyl (C=O) groups is 2. The molecule has 0 atom stereocenters. The van der Waals surface area contributed by atoms with Crippen LogP contribution in [-0.4, -0.2) is 42.5 Å². The Kier molecular flexibility index (Phi) is 7.37. The lowest BCUT2D eigenvalue weighted by atomic mass is 10.1. The Balaban J connectivity index is 2.06. The summed E-state index contributed by atoms with van der Waals surface area (Å²) in [5.41, 5.74) is 0.190. The Morgan fingerprint density at radius 2 is 1.80 bits per heavy atom. The highest BCUT2D eigenvalue weighted by Gasteiger charge is 2.29. The molecule has 0 saturated carbocycles. The monoisotopic (exact) mass is 413 g/mol. The summed E-state index contributed by atoms with van der Waals surface area (Å²) in [6.45, 7) is 4.89. The number of hydrogen-bond acceptors (Lipinski definition) is 5. The van der Waals surface area contributed by atoms with Crippen molar-refractivity contribution in [2.75, 3.05) is 25.6 Å². The van der Waals surface area contributed by atoms with Gasteiger partial charge >= 0.3 is 0 Å². The molecule has 0 saturated heterocycles. The summed E-state index contributed by atoms with van der Waals surface area (Å²) >= 11 is 0. The summed E-state index contributed by atoms with van der Waals surface area (Å²) in [5.74, 6) is -0.577. The molecule has 2 aromatic rings. The number of nitrogens with one attached hydrogen (secondary N) is 1. The van der Waals surface area contributed by atoms with Crippen LogP contribution in [0, 0.1) is 17.1 Å². The fourth-order valence-electron chi connectivity index (χ4n) is 2.65. The van der Waals surface area contributed by atoms with Crippen molar-refractivity contribution in [1.29, 1.82) is 5.26 Å². The van der Waals surface area contributed by atoms with E-state index in [0.29, 0.717) is 22.7 Å². The third-order valence-corrected chi connectivity index (χ3v) is 4.18. The number of benzene rings is 2. The van der Waals surface area contributed by atoms with Gasteiger partial charge in [0, 0.05) is 17.3 Å². The van der Waals surface area contributed by atoms with Gasteiger partial charge in [-0.15, -0.1) is 0 Å². The van der Waals surface area contributed by atoms with Gasteiger partial charge in [-0.25, -0.2) is 4.39 Å². The zero-order valence-electron chi connectivity index (χ0n) is 17.4. The maximum atomic E-state index is 13.0. The predicted octanol–water partition coefficient (Wildman–Crippen LogP) is 3.35. The normalized spacial score (nSPS) is 10.7. The van der Waals surface area contributed by atoms with E-state index in [1.165, 1.54) is 42.3 Å². The van der Waals surface area contributed by atoms with Gasteiger partial charge in [-0.3, -0.25) is 9.59 Å². The number of rotatable bonds is 7. The lowest BCUT2D eigenvalue weighted by molar-refractivity contribution is -0.141. The van der Waals surface area contributed by atoms with Crippen molar-refractivity contribution < 1.29 is 23.5 Å². The highest BCUT2D eigenvalue weighted by atomic mass is 19.1. The molecule has 8 heteroatoms. The SMILES string of the molecule is COc1cc(C#N)ccc1OCC(=O)N(CC(=O)Nc1ccc(F)cc1)C(C)(C)C. The van der Waals surface area contributed by atoms with Gasteiger partial charge < -0.3 is 19.7 Å². The summed E-state index contributed by atoms with van der Waals surface area (Å²) < 4.78 is 23.8. The average Bonchev–Trinajstić information content (AvgIpc) is 2.71. The van der Waals surface area contributed by atoms with Gasteiger partial charge in [0.1, 0.15) is 12.4 Å². The highest BCUT2D eigenvalue weighted by molar-refractivity contribution is 5.94. The lowest BCUT2D eigenvalue weighted by Crippen LogP contribution is -2.51. The fourth-order valence-corrected chi connectivity index (χ4v) is 2.65. The minimum atomic E-state index is -0.644. The zero-order valence-corrected chi connectivity index (χ0v) is 17.4. The first-order valence-corrected chi connectivity index (χ1v) is 9.21. The van der Waals surface area contributed by atoms with Crippen LogP contribution >= 0.6 is 0 Å². The van der Waals surface area contributed by atoms with Gasteiger partial charge in [0.05, 0.1) is 18.7 Å². The predicted molar refractivity (Wildman–Crippen MR) is 110 cm³/mol. The third kappa shape index (κ3) is 6.21. The Morgan fingerprint density at radius 3 is 2.37 bits per heavy atom. The molecule has 0 aliphatic rings. The first-order valence-electron chi connectivity index (χ1n) is 9.21. The van der Waals surface area contributed by atoms with E-state index in [1.54, 1.807) is 32.9 Å². The summed E-state index contributed by atoms with van der Waals surface area (Å²) in [6, 6.07) is 12.0. The molecule has 158 valence electrons. The first kappa shape index (κ1) is 22.7. The van der Waals surface area contributed by atoms with E-state index >= 15 is 0 Å². The van der Waals surface area contributed by atoms with Gasteiger partial charge in [-0.05, 0) is 57.2 Å². The largest absolute Gasteiger partial charge is 0.493 e. The summed E-state index contributed by atoms with van der Waals surface area (Å²) in [7, 11) is 1.44. The molecule has 0 bridgehead atoms. The Hall–Kier alpha value is -3.60. The second kappa shape index (κ2) is 9.74. The van der Waals surface area contributed by atoms with Gasteiger partial charge in [0.25, 0.3) is 5.91 Å². The van der Waals surface area contributed by atoms with Gasteiger partial charge in [0.15, 0.2) is 18.1 Å². The van der Waals surface area contributed by atoms with Gasteiger partial charge in [-0.1, -0.05) is 0 Å². The van der Waals surface area contributed by atoms with Crippen LogP contribution in [0.25, 0.3) is 0 Å². The quantitative estimate of drug-likeness (QED) is 0.752. The molecule has 0 aromatic heterocycles. The van der Waals surface area contributed by atoms with E-state index < -0.39 is 23.2 Å². The van der Waals surface area contributed by atoms with E-state index in [-0.39, 0.29) is 13.2 Å². The molecule has 30 heavy (non-hydrogen) atoms. The molecule has 7 nitrogen and oxygen atoms in total. The maximum Gasteiger partial charge on any atom is 0.261 e. The molecular formula is C22H24FN3O4. The maximum absolute atomic E-state index is 13.0. The van der Waals surface area contributed by atoms with Crippen molar-refractivity contribution in [3.8, 4) is 17.6 Å². The van der Waals surface area contributed by atoms with Crippen molar-refractivity contribution in [3.05, 3.63) is 53.8 Å². The summed E-state index contributed by atoms with van der Waals surface area (Å²) in [6.07, 6.45) is 0. The molecule has 2 amide bonds. The van der Waals surface area contributed by atoms with E-state index in [2.05, 4.69) is 5.32 Å². The van der Waals surface area contributed by atoms with Crippen molar-refractivity contribution in [1.82, 2.24) is 4.90 Å². The van der Waals surface area contributed by atoms with Crippen LogP contribution in [0.4, 0.5) is 10.1 Å². The number of ether oxygens (including phenoxy) is 2. The standard InChI is InChI=1S/C22H24FN3O4/c1-22(2,3)26(13-20(27)25-17-8-6-16(23)7-9-17)21(28)14-30-18-10-5-15(12-24)11-19(18)29-4/h5-11H,13-14H2,1-4H3,(H,25,27). The van der Waals surface area contributed by atoms with Crippen LogP contribution in [-0.2, 0) is 9.59 Å². The molecule has 2 aromatic carbocycles. The van der Waals surface area contributed by atoms with E-state index in [1.807, 2.05) is 6.07 Å². The first-order chi connectivity index (χ1) is 14.1. The van der Waals surface area contributed by atoms with E-state index in [4.69, 9.17) is 14.7 Å². The summed E-state index contributed by atoms with van der Waals surface area (Å²) in [4.78, 5) is 26.6. The molecular weight excluding hydrogens is 389 g/mol. The molecule has 0 fully saturated rings. The van der Waals surface area contributed by atoms with Crippen LogP contribution in [0.2, 0.25) is 0 Å². The van der Waals surface area contributed by atoms with Crippen LogP contribution in [0.1, 0.15) is 26.3 Å². The van der Waals surface area contributed by atoms with Crippen LogP contribution in [0.15, 0.2) is 42.5 Å². The molecule has 0 unspecified atom stereocenters. The van der Waals surface area contributed by atoms with Gasteiger partial charge in [-0.2, -0.15) is 5.26 Å². The summed E-state index contributed by atoms with van der Waals surface area (Å²) in [5, 5.41) is 11.6. The smallest absolute Gasteiger partial charge is 0.261 e. The third-order valence-electron chi connectivity index (χ3n) is 4.18. The van der Waals surface area contributed by atoms with Gasteiger partial charge in [0.2, 0.25) is 5.91 Å². The minimum absolute atomic E-state index is 0.201. The Morgan fingerprint density at radius 1 is 1.13 bits per heavy atom. The fraction of sp³-hybridized carbons (Fsp3) is 0.318. The number of amides is 2. The van der Waals surface area contributed by atoms with Crippen molar-refractivity contribution in [3.63, 3.8) is 0 Å². The number of carbonyl (C=O) groups excluding carboxylic acids is 2. The second-order valence-electron chi connectivity index (χ2n) is 7.47. The van der Waals surface area contributed by atoms with E-state index in [9.17, 15) is 14.0 Å². The molecule has 1 N–H and O–H groups in total. The molecule has 0 spiro atoms. The van der Waals surface area contributed by atoms with Crippen LogP contribution in [0.3, 0.4) is 0 Å².